The van der Waals surface area contributed by atoms with Gasteiger partial charge in [-0.05, 0) is 31.0 Å². The number of hydrogen-bond acceptors (Lipinski definition) is 5. The Labute approximate surface area is 168 Å². The van der Waals surface area contributed by atoms with E-state index in [1.165, 1.54) is 23.4 Å². The van der Waals surface area contributed by atoms with Gasteiger partial charge in [0.25, 0.3) is 5.91 Å². The molecule has 0 saturated carbocycles. The molecule has 1 unspecified atom stereocenters. The minimum absolute atomic E-state index is 0.0514. The molecule has 1 atom stereocenters. The summed E-state index contributed by atoms with van der Waals surface area (Å²) < 4.78 is 73.5. The molecule has 1 aromatic carbocycles. The monoisotopic (exact) mass is 438 g/mol. The Bertz CT molecular complexity index is 808. The number of aryl methyl sites for hydroxylation is 1. The van der Waals surface area contributed by atoms with Crippen LogP contribution in [0.5, 0.6) is 0 Å². The van der Waals surface area contributed by atoms with Gasteiger partial charge in [0.15, 0.2) is 0 Å². The van der Waals surface area contributed by atoms with E-state index in [-0.39, 0.29) is 30.2 Å². The van der Waals surface area contributed by atoms with Gasteiger partial charge in [-0.15, -0.1) is 0 Å². The Morgan fingerprint density at radius 3 is 2.55 bits per heavy atom. The van der Waals surface area contributed by atoms with Gasteiger partial charge < -0.3 is 14.8 Å². The first-order valence-electron chi connectivity index (χ1n) is 9.20. The maximum atomic E-state index is 13.0. The third-order valence-electron chi connectivity index (χ3n) is 4.31. The second kappa shape index (κ2) is 9.88. The highest BCUT2D eigenvalue weighted by atomic mass is 32.2. The number of carbonyl (C=O) groups excluding carboxylic acids is 1. The van der Waals surface area contributed by atoms with Gasteiger partial charge in [-0.2, -0.15) is 17.5 Å². The summed E-state index contributed by atoms with van der Waals surface area (Å²) in [7, 11) is -3.80. The second-order valence-electron chi connectivity index (χ2n) is 6.70. The molecule has 29 heavy (non-hydrogen) atoms. The van der Waals surface area contributed by atoms with E-state index in [4.69, 9.17) is 4.74 Å². The molecule has 1 heterocycles. The zero-order chi connectivity index (χ0) is 21.7. The van der Waals surface area contributed by atoms with Crippen molar-refractivity contribution < 1.29 is 35.9 Å². The summed E-state index contributed by atoms with van der Waals surface area (Å²) >= 11 is 0. The number of ether oxygens (including phenoxy) is 2. The lowest BCUT2D eigenvalue weighted by Crippen LogP contribution is -2.41. The maximum Gasteiger partial charge on any atom is 0.411 e. The zero-order valence-corrected chi connectivity index (χ0v) is 17.1. The normalized spacial score (nSPS) is 17.1. The summed E-state index contributed by atoms with van der Waals surface area (Å²) in [5.41, 5.74) is 0.686. The molecule has 2 rings (SSSR count). The lowest BCUT2D eigenvalue weighted by Gasteiger charge is -2.27. The Balaban J connectivity index is 2.13. The van der Waals surface area contributed by atoms with Crippen LogP contribution in [0.4, 0.5) is 13.2 Å². The number of halogens is 3. The summed E-state index contributed by atoms with van der Waals surface area (Å²) in [5, 5.41) is 2.52. The van der Waals surface area contributed by atoms with Crippen LogP contribution in [0.3, 0.4) is 0 Å². The molecule has 1 aliphatic rings. The van der Waals surface area contributed by atoms with Crippen LogP contribution in [-0.4, -0.2) is 70.4 Å². The number of carbonyl (C=O) groups is 1. The third-order valence-corrected chi connectivity index (χ3v) is 6.29. The first kappa shape index (κ1) is 23.6. The number of amides is 1. The van der Waals surface area contributed by atoms with Crippen molar-refractivity contribution in [3.05, 3.63) is 29.3 Å². The average molecular weight is 438 g/mol. The lowest BCUT2D eigenvalue weighted by atomic mass is 10.1. The molecule has 0 aromatic heterocycles. The fourth-order valence-corrected chi connectivity index (χ4v) is 4.58. The summed E-state index contributed by atoms with van der Waals surface area (Å²) in [6.07, 6.45) is -3.98. The van der Waals surface area contributed by atoms with Crippen molar-refractivity contribution in [1.29, 1.82) is 0 Å². The fourth-order valence-electron chi connectivity index (χ4n) is 2.85. The highest BCUT2D eigenvalue weighted by molar-refractivity contribution is 7.89. The number of nitrogens with one attached hydrogen (secondary N) is 1. The molecular weight excluding hydrogens is 413 g/mol. The largest absolute Gasteiger partial charge is 0.411 e. The van der Waals surface area contributed by atoms with E-state index in [1.54, 1.807) is 6.07 Å². The van der Waals surface area contributed by atoms with Gasteiger partial charge in [-0.25, -0.2) is 8.42 Å². The van der Waals surface area contributed by atoms with Gasteiger partial charge in [0.2, 0.25) is 10.0 Å². The van der Waals surface area contributed by atoms with Crippen LogP contribution in [-0.2, 0) is 25.9 Å². The molecule has 1 N–H and O–H groups in total. The van der Waals surface area contributed by atoms with Crippen molar-refractivity contribution >= 4 is 15.9 Å². The molecule has 1 amide bonds. The van der Waals surface area contributed by atoms with E-state index in [9.17, 15) is 26.4 Å². The summed E-state index contributed by atoms with van der Waals surface area (Å²) in [4.78, 5) is 12.5. The number of nitrogens with zero attached hydrogens (tertiary/aromatic N) is 1. The van der Waals surface area contributed by atoms with Crippen molar-refractivity contribution in [2.75, 3.05) is 39.5 Å². The van der Waals surface area contributed by atoms with E-state index < -0.39 is 34.8 Å². The highest BCUT2D eigenvalue weighted by Gasteiger charge is 2.30. The van der Waals surface area contributed by atoms with Crippen molar-refractivity contribution in [2.45, 2.75) is 37.4 Å². The smallest absolute Gasteiger partial charge is 0.379 e. The van der Waals surface area contributed by atoms with E-state index >= 15 is 0 Å². The Hall–Kier alpha value is -1.69. The molecule has 1 aliphatic heterocycles. The predicted octanol–water partition coefficient (Wildman–Crippen LogP) is 1.97. The van der Waals surface area contributed by atoms with Crippen LogP contribution in [0, 0.1) is 0 Å². The van der Waals surface area contributed by atoms with E-state index in [0.717, 1.165) is 0 Å². The minimum Gasteiger partial charge on any atom is -0.379 e. The minimum atomic E-state index is -4.44. The number of rotatable bonds is 8. The summed E-state index contributed by atoms with van der Waals surface area (Å²) in [6, 6.07) is 3.69. The quantitative estimate of drug-likeness (QED) is 0.671. The summed E-state index contributed by atoms with van der Waals surface area (Å²) in [6.45, 7) is 2.66. The number of alkyl halides is 3. The van der Waals surface area contributed by atoms with Gasteiger partial charge >= 0.3 is 6.18 Å². The molecule has 0 bridgehead atoms. The molecule has 1 fully saturated rings. The van der Waals surface area contributed by atoms with Gasteiger partial charge in [0.05, 0.1) is 24.7 Å². The van der Waals surface area contributed by atoms with Gasteiger partial charge in [-0.1, -0.05) is 13.0 Å². The fraction of sp³-hybridized carbons (Fsp3) is 0.611. The van der Waals surface area contributed by atoms with Gasteiger partial charge in [0, 0.05) is 24.7 Å². The van der Waals surface area contributed by atoms with Crippen LogP contribution in [0.15, 0.2) is 23.1 Å². The maximum absolute atomic E-state index is 13.0. The average Bonchev–Trinajstić information content (AvgIpc) is 2.67. The Kier molecular flexibility index (Phi) is 8.03. The van der Waals surface area contributed by atoms with Crippen LogP contribution in [0.1, 0.15) is 29.8 Å². The SMILES string of the molecule is CCc1ccc(C(=O)NC(C)COCC(F)(F)F)cc1S(=O)(=O)N1CCOCC1. The van der Waals surface area contributed by atoms with E-state index in [0.29, 0.717) is 25.2 Å². The molecule has 11 heteroatoms. The number of morpholine rings is 1. The first-order valence-corrected chi connectivity index (χ1v) is 10.6. The molecule has 1 aromatic rings. The number of benzene rings is 1. The molecule has 0 radical (unpaired) electrons. The van der Waals surface area contributed by atoms with Crippen molar-refractivity contribution in [3.63, 3.8) is 0 Å². The van der Waals surface area contributed by atoms with Crippen LogP contribution < -0.4 is 5.32 Å². The van der Waals surface area contributed by atoms with Crippen LogP contribution in [0.25, 0.3) is 0 Å². The molecule has 7 nitrogen and oxygen atoms in total. The zero-order valence-electron chi connectivity index (χ0n) is 16.3. The summed E-state index contributed by atoms with van der Waals surface area (Å²) in [5.74, 6) is -0.589. The van der Waals surface area contributed by atoms with Gasteiger partial charge in [-0.3, -0.25) is 4.79 Å². The lowest BCUT2D eigenvalue weighted by molar-refractivity contribution is -0.174. The Morgan fingerprint density at radius 2 is 1.97 bits per heavy atom. The third kappa shape index (κ3) is 6.66. The van der Waals surface area contributed by atoms with Crippen LogP contribution >= 0.6 is 0 Å². The predicted molar refractivity (Wildman–Crippen MR) is 99.2 cm³/mol. The number of hydrogen-bond donors (Lipinski definition) is 1. The van der Waals surface area contributed by atoms with E-state index in [1.807, 2.05) is 6.92 Å². The van der Waals surface area contributed by atoms with Crippen molar-refractivity contribution in [1.82, 2.24) is 9.62 Å². The number of sulfonamides is 1. The Morgan fingerprint density at radius 1 is 1.31 bits per heavy atom. The molecule has 0 spiro atoms. The van der Waals surface area contributed by atoms with E-state index in [2.05, 4.69) is 10.1 Å². The van der Waals surface area contributed by atoms with Crippen molar-refractivity contribution in [2.24, 2.45) is 0 Å². The first-order chi connectivity index (χ1) is 13.5. The highest BCUT2D eigenvalue weighted by Crippen LogP contribution is 2.23. The molecule has 1 saturated heterocycles. The topological polar surface area (TPSA) is 84.9 Å². The molecular formula is C18H25F3N2O5S. The van der Waals surface area contributed by atoms with Gasteiger partial charge in [0.1, 0.15) is 6.61 Å². The molecule has 0 aliphatic carbocycles. The van der Waals surface area contributed by atoms with Crippen molar-refractivity contribution in [3.8, 4) is 0 Å². The molecule has 164 valence electrons. The standard InChI is InChI=1S/C18H25F3N2O5S/c1-3-14-4-5-15(17(24)22-13(2)11-28-12-18(19,20)21)10-16(14)29(25,26)23-6-8-27-9-7-23/h4-5,10,13H,3,6-9,11-12H2,1-2H3,(H,22,24). The second-order valence-corrected chi connectivity index (χ2v) is 8.60. The van der Waals surface area contributed by atoms with Crippen LogP contribution in [0.2, 0.25) is 0 Å².